The second-order valence-corrected chi connectivity index (χ2v) is 17.5. The third-order valence-electron chi connectivity index (χ3n) is 14.1. The fourth-order valence-electron chi connectivity index (χ4n) is 10.6. The van der Waals surface area contributed by atoms with Crippen LogP contribution in [0, 0.1) is 11.8 Å². The topological polar surface area (TPSA) is 129 Å². The van der Waals surface area contributed by atoms with Crippen molar-refractivity contribution in [2.75, 3.05) is 48.1 Å². The number of fused-ring (bicyclic) bond motifs is 5. The lowest BCUT2D eigenvalue weighted by Crippen LogP contribution is -2.48. The lowest BCUT2D eigenvalue weighted by Gasteiger charge is -2.49. The zero-order valence-electron chi connectivity index (χ0n) is 37.3. The van der Waals surface area contributed by atoms with Gasteiger partial charge in [-0.2, -0.15) is 0 Å². The molecular formula is C52H58N2O10. The van der Waals surface area contributed by atoms with Gasteiger partial charge in [0.15, 0.2) is 34.2 Å². The molecule has 4 aliphatic heterocycles. The van der Waals surface area contributed by atoms with E-state index in [1.54, 1.807) is 46.6 Å². The van der Waals surface area contributed by atoms with Crippen LogP contribution >= 0.6 is 0 Å². The second kappa shape index (κ2) is 18.7. The monoisotopic (exact) mass is 870 g/mol. The van der Waals surface area contributed by atoms with Crippen LogP contribution in [0.3, 0.4) is 0 Å². The van der Waals surface area contributed by atoms with Crippen LogP contribution in [0.2, 0.25) is 0 Å². The molecule has 1 saturated heterocycles. The number of benzene rings is 4. The van der Waals surface area contributed by atoms with E-state index in [1.807, 2.05) is 41.3 Å². The maximum absolute atomic E-state index is 15.4. The van der Waals surface area contributed by atoms with Gasteiger partial charge in [-0.15, -0.1) is 0 Å². The van der Waals surface area contributed by atoms with Gasteiger partial charge in [0.1, 0.15) is 5.58 Å². The first kappa shape index (κ1) is 43.4. The van der Waals surface area contributed by atoms with Gasteiger partial charge in [-0.3, -0.25) is 14.5 Å². The molecule has 0 spiro atoms. The van der Waals surface area contributed by atoms with Gasteiger partial charge in [-0.25, -0.2) is 0 Å². The molecule has 5 heterocycles. The van der Waals surface area contributed by atoms with E-state index in [0.717, 1.165) is 72.5 Å². The third-order valence-corrected chi connectivity index (χ3v) is 14.1. The minimum atomic E-state index is -0.840. The van der Waals surface area contributed by atoms with Crippen molar-refractivity contribution in [3.63, 3.8) is 0 Å². The lowest BCUT2D eigenvalue weighted by molar-refractivity contribution is -0.158. The van der Waals surface area contributed by atoms with E-state index in [-0.39, 0.29) is 48.3 Å². The molecule has 1 aromatic heterocycles. The molecule has 0 bridgehead atoms. The van der Waals surface area contributed by atoms with Crippen LogP contribution in [0.1, 0.15) is 89.6 Å². The van der Waals surface area contributed by atoms with Crippen molar-refractivity contribution >= 4 is 16.9 Å². The number of aliphatic hydroxyl groups excluding tert-OH is 1. The summed E-state index contributed by atoms with van der Waals surface area (Å²) in [6.07, 6.45) is 6.99. The quantitative estimate of drug-likeness (QED) is 0.123. The maximum atomic E-state index is 15.4. The minimum absolute atomic E-state index is 0.0564. The Morgan fingerprint density at radius 2 is 1.44 bits per heavy atom. The minimum Gasteiger partial charge on any atom is -0.493 e. The van der Waals surface area contributed by atoms with Crippen molar-refractivity contribution in [1.29, 1.82) is 0 Å². The Morgan fingerprint density at radius 3 is 2.14 bits per heavy atom. The molecule has 4 aromatic carbocycles. The molecule has 1 amide bonds. The number of amides is 1. The summed E-state index contributed by atoms with van der Waals surface area (Å²) in [4.78, 5) is 34.1. The highest BCUT2D eigenvalue weighted by Gasteiger charge is 2.43. The van der Waals surface area contributed by atoms with Crippen molar-refractivity contribution in [3.8, 4) is 23.0 Å². The highest BCUT2D eigenvalue weighted by Crippen LogP contribution is 2.50. The molecule has 0 aliphatic carbocycles. The summed E-state index contributed by atoms with van der Waals surface area (Å²) in [5.41, 5.74) is 7.19. The Kier molecular flexibility index (Phi) is 12.7. The summed E-state index contributed by atoms with van der Waals surface area (Å²) in [5.74, 6) is 2.79. The number of hydrogen-bond donors (Lipinski definition) is 1. The van der Waals surface area contributed by atoms with Crippen molar-refractivity contribution in [2.24, 2.45) is 11.8 Å². The molecule has 6 atom stereocenters. The molecule has 5 aromatic rings. The number of carbonyl (C=O) groups is 1. The molecule has 9 rings (SSSR count). The summed E-state index contributed by atoms with van der Waals surface area (Å²) < 4.78 is 42.1. The van der Waals surface area contributed by atoms with Gasteiger partial charge in [-0.05, 0) is 113 Å². The predicted molar refractivity (Wildman–Crippen MR) is 242 cm³/mol. The number of piperidine rings is 1. The van der Waals surface area contributed by atoms with Crippen molar-refractivity contribution in [1.82, 2.24) is 9.80 Å². The summed E-state index contributed by atoms with van der Waals surface area (Å²) in [6.45, 7) is 4.82. The standard InChI is InChI=1S/C52H58N2O10/c1-6-33-27-53-17-15-34-21-45(58-2)47(60-4)25-39(34)42(53)19-36(33)20-43-40-26-48(61-5)46(59-3)22-35(40)16-18-54(43)52(57)49-23-37(41-30-62-44-10-8-7-9-38(44)51(41)56)24-50(64-49)63-29-32-13-11-31(28-55)12-14-32/h7-14,21-23,25-26,30,33,36-37,42-43,50,55H,6,15-20,24,27-29H2,1-5H3/t33-,36+,37-,42-,43+,50+/m0/s1. The molecule has 336 valence electrons. The molecule has 0 unspecified atom stereocenters. The van der Waals surface area contributed by atoms with Gasteiger partial charge in [0, 0.05) is 43.6 Å². The first-order valence-electron chi connectivity index (χ1n) is 22.5. The molecular weight excluding hydrogens is 813 g/mol. The third kappa shape index (κ3) is 8.34. The number of rotatable bonds is 13. The average Bonchev–Trinajstić information content (AvgIpc) is 3.34. The van der Waals surface area contributed by atoms with Crippen molar-refractivity contribution in [3.05, 3.63) is 140 Å². The maximum Gasteiger partial charge on any atom is 0.289 e. The molecule has 1 N–H and O–H groups in total. The van der Waals surface area contributed by atoms with E-state index in [2.05, 4.69) is 36.1 Å². The van der Waals surface area contributed by atoms with E-state index in [4.69, 9.17) is 32.8 Å². The zero-order chi connectivity index (χ0) is 44.5. The van der Waals surface area contributed by atoms with E-state index in [9.17, 15) is 9.90 Å². The first-order chi connectivity index (χ1) is 31.2. The number of para-hydroxylation sites is 1. The second-order valence-electron chi connectivity index (χ2n) is 17.5. The molecule has 0 radical (unpaired) electrons. The Labute approximate surface area is 374 Å². The Morgan fingerprint density at radius 1 is 0.781 bits per heavy atom. The van der Waals surface area contributed by atoms with Crippen LogP contribution in [-0.4, -0.2) is 75.2 Å². The summed E-state index contributed by atoms with van der Waals surface area (Å²) >= 11 is 0. The van der Waals surface area contributed by atoms with Crippen LogP contribution in [0.5, 0.6) is 23.0 Å². The Balaban J connectivity index is 1.08. The number of allylic oxidation sites excluding steroid dienone is 1. The van der Waals surface area contributed by atoms with E-state index >= 15 is 4.79 Å². The van der Waals surface area contributed by atoms with Gasteiger partial charge in [-0.1, -0.05) is 49.7 Å². The molecule has 1 fully saturated rings. The molecule has 12 nitrogen and oxygen atoms in total. The fourth-order valence-corrected chi connectivity index (χ4v) is 10.6. The number of methoxy groups -OCH3 is 4. The molecule has 4 aliphatic rings. The number of nitrogens with zero attached hydrogens (tertiary/aromatic N) is 2. The smallest absolute Gasteiger partial charge is 0.289 e. The number of hydrogen-bond acceptors (Lipinski definition) is 11. The fraction of sp³-hybridized carbons (Fsp3) is 0.423. The van der Waals surface area contributed by atoms with Crippen molar-refractivity contribution < 1.29 is 42.7 Å². The summed E-state index contributed by atoms with van der Waals surface area (Å²) in [5, 5.41) is 10.1. The zero-order valence-corrected chi connectivity index (χ0v) is 37.3. The summed E-state index contributed by atoms with van der Waals surface area (Å²) in [7, 11) is 6.66. The molecule has 0 saturated carbocycles. The highest BCUT2D eigenvalue weighted by molar-refractivity contribution is 5.92. The summed E-state index contributed by atoms with van der Waals surface area (Å²) in [6, 6.07) is 23.0. The Hall–Kier alpha value is -5.82. The van der Waals surface area contributed by atoms with Crippen LogP contribution in [0.25, 0.3) is 11.0 Å². The van der Waals surface area contributed by atoms with Crippen LogP contribution in [0.15, 0.2) is 100 Å². The average molecular weight is 871 g/mol. The van der Waals surface area contributed by atoms with Crippen LogP contribution in [0.4, 0.5) is 0 Å². The lowest BCUT2D eigenvalue weighted by atomic mass is 9.72. The predicted octanol–water partition coefficient (Wildman–Crippen LogP) is 8.41. The highest BCUT2D eigenvalue weighted by atomic mass is 16.7. The van der Waals surface area contributed by atoms with E-state index in [0.29, 0.717) is 53.3 Å². The van der Waals surface area contributed by atoms with E-state index in [1.165, 1.54) is 17.4 Å². The van der Waals surface area contributed by atoms with Gasteiger partial charge < -0.3 is 42.8 Å². The largest absolute Gasteiger partial charge is 0.493 e. The SMILES string of the molecule is CC[C@H]1CN2CCc3cc(OC)c(OC)cc3[C@@H]2C[C@@H]1C[C@@H]1c2cc(OC)c(OC)cc2CCN1C(=O)C1=C[C@H](c2coc3ccccc3c2=O)C[C@H](OCc2ccc(CO)cc2)O1. The van der Waals surface area contributed by atoms with Crippen molar-refractivity contribution in [2.45, 2.75) is 83.0 Å². The number of carbonyl (C=O) groups excluding carboxylic acids is 1. The Bertz CT molecular complexity index is 2590. The van der Waals surface area contributed by atoms with E-state index < -0.39 is 12.2 Å². The molecule has 12 heteroatoms. The first-order valence-corrected chi connectivity index (χ1v) is 22.5. The number of ether oxygens (including phenoxy) is 6. The van der Waals surface area contributed by atoms with Gasteiger partial charge >= 0.3 is 0 Å². The van der Waals surface area contributed by atoms with Gasteiger partial charge in [0.05, 0.1) is 59.3 Å². The molecule has 64 heavy (non-hydrogen) atoms. The number of aliphatic hydroxyl groups is 1. The van der Waals surface area contributed by atoms with Gasteiger partial charge in [0.25, 0.3) is 5.91 Å². The van der Waals surface area contributed by atoms with Crippen LogP contribution in [-0.2, 0) is 40.3 Å². The van der Waals surface area contributed by atoms with Crippen LogP contribution < -0.4 is 24.4 Å². The normalized spacial score (nSPS) is 23.0. The van der Waals surface area contributed by atoms with Gasteiger partial charge in [0.2, 0.25) is 6.29 Å².